The number of aromatic nitrogens is 4. The van der Waals surface area contributed by atoms with E-state index in [1.807, 2.05) is 30.3 Å². The predicted molar refractivity (Wildman–Crippen MR) is 71.3 cm³/mol. The van der Waals surface area contributed by atoms with Crippen molar-refractivity contribution < 1.29 is 0 Å². The van der Waals surface area contributed by atoms with E-state index >= 15 is 0 Å². The fraction of sp³-hybridized carbons (Fsp3) is 0. The van der Waals surface area contributed by atoms with E-state index in [1.165, 1.54) is 16.9 Å². The van der Waals surface area contributed by atoms with Gasteiger partial charge < -0.3 is 0 Å². The first-order valence-electron chi connectivity index (χ1n) is 5.60. The molecule has 0 spiro atoms. The smallest absolute Gasteiger partial charge is 0.276 e. The highest BCUT2D eigenvalue weighted by Gasteiger charge is 2.02. The molecule has 0 radical (unpaired) electrons. The summed E-state index contributed by atoms with van der Waals surface area (Å²) in [4.78, 5) is 19.7. The van der Waals surface area contributed by atoms with Crippen molar-refractivity contribution in [3.8, 4) is 0 Å². The summed E-state index contributed by atoms with van der Waals surface area (Å²) in [6, 6.07) is 10.9. The van der Waals surface area contributed by atoms with Gasteiger partial charge in [0, 0.05) is 6.07 Å². The van der Waals surface area contributed by atoms with Crippen LogP contribution in [0.25, 0.3) is 5.78 Å². The fourth-order valence-electron chi connectivity index (χ4n) is 1.59. The summed E-state index contributed by atoms with van der Waals surface area (Å²) < 4.78 is 1.24. The lowest BCUT2D eigenvalue weighted by atomic mass is 10.2. The number of anilines is 1. The Kier molecular flexibility index (Phi) is 2.77. The number of rotatable bonds is 3. The van der Waals surface area contributed by atoms with Crippen LogP contribution in [0.3, 0.4) is 0 Å². The highest BCUT2D eigenvalue weighted by Crippen LogP contribution is 2.00. The van der Waals surface area contributed by atoms with Crippen molar-refractivity contribution in [2.45, 2.75) is 0 Å². The zero-order valence-corrected chi connectivity index (χ0v) is 9.82. The van der Waals surface area contributed by atoms with E-state index in [0.717, 1.165) is 5.56 Å². The molecule has 3 aromatic rings. The van der Waals surface area contributed by atoms with Gasteiger partial charge in [0.05, 0.1) is 6.21 Å². The van der Waals surface area contributed by atoms with Gasteiger partial charge in [-0.25, -0.2) is 4.98 Å². The number of benzene rings is 1. The van der Waals surface area contributed by atoms with E-state index < -0.39 is 0 Å². The van der Waals surface area contributed by atoms with Crippen molar-refractivity contribution >= 4 is 17.8 Å². The number of nitrogens with one attached hydrogen (secondary N) is 2. The molecule has 7 heteroatoms. The quantitative estimate of drug-likeness (QED) is 0.536. The summed E-state index contributed by atoms with van der Waals surface area (Å²) in [5, 5.41) is 6.68. The SMILES string of the molecule is O=c1cc(N/N=C/c2ccccc2)nc2nc[nH]n12. The number of aromatic amines is 1. The molecule has 2 aromatic heterocycles. The molecular weight excluding hydrogens is 244 g/mol. The normalized spacial score (nSPS) is 11.2. The van der Waals surface area contributed by atoms with Gasteiger partial charge in [-0.15, -0.1) is 0 Å². The Morgan fingerprint density at radius 3 is 3.00 bits per heavy atom. The average Bonchev–Trinajstić information content (AvgIpc) is 2.89. The number of H-pyrrole nitrogens is 1. The molecule has 7 nitrogen and oxygen atoms in total. The molecule has 3 rings (SSSR count). The van der Waals surface area contributed by atoms with Crippen LogP contribution in [0.4, 0.5) is 5.82 Å². The van der Waals surface area contributed by atoms with Crippen molar-refractivity contribution in [2.24, 2.45) is 5.10 Å². The predicted octanol–water partition coefficient (Wildman–Crippen LogP) is 0.864. The highest BCUT2D eigenvalue weighted by molar-refractivity contribution is 5.79. The Labute approximate surface area is 107 Å². The summed E-state index contributed by atoms with van der Waals surface area (Å²) in [6.07, 6.45) is 3.05. The van der Waals surface area contributed by atoms with Crippen molar-refractivity contribution in [1.29, 1.82) is 0 Å². The van der Waals surface area contributed by atoms with E-state index in [4.69, 9.17) is 0 Å². The Bertz CT molecular complexity index is 774. The minimum Gasteiger partial charge on any atom is -0.278 e. The second-order valence-corrected chi connectivity index (χ2v) is 3.78. The Hall–Kier alpha value is -2.96. The van der Waals surface area contributed by atoms with Gasteiger partial charge in [-0.3, -0.25) is 15.3 Å². The van der Waals surface area contributed by atoms with Crippen molar-refractivity contribution in [2.75, 3.05) is 5.43 Å². The van der Waals surface area contributed by atoms with Gasteiger partial charge in [-0.1, -0.05) is 30.3 Å². The molecule has 0 fully saturated rings. The Balaban J connectivity index is 1.82. The van der Waals surface area contributed by atoms with Crippen LogP contribution in [-0.4, -0.2) is 25.8 Å². The molecule has 0 bridgehead atoms. The molecule has 0 aliphatic rings. The lowest BCUT2D eigenvalue weighted by Gasteiger charge is -1.98. The van der Waals surface area contributed by atoms with Crippen molar-refractivity contribution in [3.05, 3.63) is 58.6 Å². The molecule has 2 N–H and O–H groups in total. The third-order valence-electron chi connectivity index (χ3n) is 2.46. The first-order chi connectivity index (χ1) is 9.33. The molecule has 0 saturated heterocycles. The average molecular weight is 254 g/mol. The molecule has 0 aliphatic carbocycles. The minimum absolute atomic E-state index is 0.250. The second-order valence-electron chi connectivity index (χ2n) is 3.78. The lowest BCUT2D eigenvalue weighted by Crippen LogP contribution is -2.15. The molecule has 0 saturated carbocycles. The van der Waals surface area contributed by atoms with Crippen LogP contribution in [0, 0.1) is 0 Å². The van der Waals surface area contributed by atoms with E-state index in [2.05, 4.69) is 25.6 Å². The van der Waals surface area contributed by atoms with Crippen LogP contribution in [0.15, 0.2) is 52.6 Å². The van der Waals surface area contributed by atoms with Crippen LogP contribution < -0.4 is 11.0 Å². The van der Waals surface area contributed by atoms with Gasteiger partial charge in [0.2, 0.25) is 0 Å². The second kappa shape index (κ2) is 4.73. The van der Waals surface area contributed by atoms with E-state index in [0.29, 0.717) is 11.6 Å². The number of hydrogen-bond donors (Lipinski definition) is 2. The largest absolute Gasteiger partial charge is 0.278 e. The molecule has 1 aromatic carbocycles. The molecule has 2 heterocycles. The van der Waals surface area contributed by atoms with Gasteiger partial charge in [0.1, 0.15) is 6.33 Å². The van der Waals surface area contributed by atoms with Gasteiger partial charge >= 0.3 is 0 Å². The molecule has 94 valence electrons. The standard InChI is InChI=1S/C12H10N6O/c19-11-6-10(16-12-13-8-15-18(11)12)17-14-7-9-4-2-1-3-5-9/h1-8,17H,(H,13,15,16)/b14-7+. The van der Waals surface area contributed by atoms with Gasteiger partial charge in [-0.05, 0) is 5.56 Å². The van der Waals surface area contributed by atoms with Crippen molar-refractivity contribution in [1.82, 2.24) is 19.6 Å². The molecule has 0 aliphatic heterocycles. The Morgan fingerprint density at radius 2 is 2.16 bits per heavy atom. The van der Waals surface area contributed by atoms with Crippen LogP contribution in [0.5, 0.6) is 0 Å². The Morgan fingerprint density at radius 1 is 1.32 bits per heavy atom. The molecule has 0 atom stereocenters. The zero-order valence-electron chi connectivity index (χ0n) is 9.82. The monoisotopic (exact) mass is 254 g/mol. The third kappa shape index (κ3) is 2.34. The van der Waals surface area contributed by atoms with Crippen LogP contribution in [0.1, 0.15) is 5.56 Å². The molecule has 0 amide bonds. The fourth-order valence-corrected chi connectivity index (χ4v) is 1.59. The van der Waals surface area contributed by atoms with Crippen LogP contribution in [0.2, 0.25) is 0 Å². The van der Waals surface area contributed by atoms with E-state index in [1.54, 1.807) is 6.21 Å². The molecular formula is C12H10N6O. The number of hydrogen-bond acceptors (Lipinski definition) is 5. The topological polar surface area (TPSA) is 87.4 Å². The van der Waals surface area contributed by atoms with E-state index in [-0.39, 0.29) is 5.56 Å². The third-order valence-corrected chi connectivity index (χ3v) is 2.46. The maximum atomic E-state index is 11.7. The zero-order chi connectivity index (χ0) is 13.1. The summed E-state index contributed by atoms with van der Waals surface area (Å²) in [6.45, 7) is 0. The van der Waals surface area contributed by atoms with E-state index in [9.17, 15) is 4.79 Å². The number of nitrogens with zero attached hydrogens (tertiary/aromatic N) is 4. The maximum Gasteiger partial charge on any atom is 0.276 e. The first kappa shape index (κ1) is 11.1. The summed E-state index contributed by atoms with van der Waals surface area (Å²) in [7, 11) is 0. The first-order valence-corrected chi connectivity index (χ1v) is 5.60. The number of fused-ring (bicyclic) bond motifs is 1. The lowest BCUT2D eigenvalue weighted by molar-refractivity contribution is 0.899. The van der Waals surface area contributed by atoms with Gasteiger partial charge in [0.15, 0.2) is 5.82 Å². The van der Waals surface area contributed by atoms with Crippen molar-refractivity contribution in [3.63, 3.8) is 0 Å². The van der Waals surface area contributed by atoms with Crippen LogP contribution in [-0.2, 0) is 0 Å². The summed E-state index contributed by atoms with van der Waals surface area (Å²) in [5.74, 6) is 0.647. The van der Waals surface area contributed by atoms with Gasteiger partial charge in [0.25, 0.3) is 11.3 Å². The van der Waals surface area contributed by atoms with Crippen LogP contribution >= 0.6 is 0 Å². The maximum absolute atomic E-state index is 11.7. The number of hydrazone groups is 1. The summed E-state index contributed by atoms with van der Waals surface area (Å²) >= 11 is 0. The van der Waals surface area contributed by atoms with Gasteiger partial charge in [-0.2, -0.15) is 14.6 Å². The minimum atomic E-state index is -0.250. The molecule has 19 heavy (non-hydrogen) atoms. The highest BCUT2D eigenvalue weighted by atomic mass is 16.1. The molecule has 0 unspecified atom stereocenters. The summed E-state index contributed by atoms with van der Waals surface area (Å²) in [5.41, 5.74) is 3.41.